The third kappa shape index (κ3) is 5.36. The Morgan fingerprint density at radius 1 is 1.03 bits per heavy atom. The number of hydrogen-bond donors (Lipinski definition) is 2. The Balaban J connectivity index is 1.68. The van der Waals surface area contributed by atoms with Gasteiger partial charge in [-0.05, 0) is 37.1 Å². The molecule has 1 aliphatic rings. The number of esters is 1. The lowest BCUT2D eigenvalue weighted by Crippen LogP contribution is -2.27. The van der Waals surface area contributed by atoms with Crippen LogP contribution in [0.2, 0.25) is 0 Å². The van der Waals surface area contributed by atoms with E-state index in [2.05, 4.69) is 25.0 Å². The lowest BCUT2D eigenvalue weighted by molar-refractivity contribution is -0.199. The average Bonchev–Trinajstić information content (AvgIpc) is 3.34. The molecule has 192 valence electrons. The van der Waals surface area contributed by atoms with Crippen LogP contribution < -0.4 is 16.0 Å². The molecule has 3 heterocycles. The summed E-state index contributed by atoms with van der Waals surface area (Å²) in [6.07, 6.45) is -8.03. The van der Waals surface area contributed by atoms with Crippen LogP contribution in [0.15, 0.2) is 30.3 Å². The highest BCUT2D eigenvalue weighted by Crippen LogP contribution is 2.43. The summed E-state index contributed by atoms with van der Waals surface area (Å²) in [4.78, 5) is 25.0. The number of anilines is 3. The van der Waals surface area contributed by atoms with E-state index in [9.17, 15) is 31.1 Å². The van der Waals surface area contributed by atoms with Gasteiger partial charge in [0.15, 0.2) is 5.65 Å². The number of pyridine rings is 1. The van der Waals surface area contributed by atoms with Crippen molar-refractivity contribution in [3.8, 4) is 11.3 Å². The Morgan fingerprint density at radius 3 is 2.42 bits per heavy atom. The van der Waals surface area contributed by atoms with E-state index in [1.165, 1.54) is 18.2 Å². The second-order valence-corrected chi connectivity index (χ2v) is 7.95. The fourth-order valence-electron chi connectivity index (χ4n) is 3.96. The molecule has 14 heteroatoms. The molecule has 4 rings (SSSR count). The normalized spacial score (nSPS) is 14.3. The van der Waals surface area contributed by atoms with E-state index in [4.69, 9.17) is 5.73 Å². The number of fused-ring (bicyclic) bond motifs is 1. The van der Waals surface area contributed by atoms with Gasteiger partial charge in [-0.15, -0.1) is 0 Å². The third-order valence-corrected chi connectivity index (χ3v) is 5.49. The zero-order valence-corrected chi connectivity index (χ0v) is 18.6. The molecule has 8 nitrogen and oxygen atoms in total. The number of aromatic nitrogens is 3. The Hall–Kier alpha value is -3.84. The first-order valence-electron chi connectivity index (χ1n) is 10.8. The molecule has 1 aromatic carbocycles. The summed E-state index contributed by atoms with van der Waals surface area (Å²) in [7, 11) is 0. The first-order chi connectivity index (χ1) is 16.9. The summed E-state index contributed by atoms with van der Waals surface area (Å²) in [6.45, 7) is 0.368. The molecule has 1 saturated heterocycles. The molecule has 3 aromatic rings. The monoisotopic (exact) mass is 514 g/mol. The van der Waals surface area contributed by atoms with Crippen molar-refractivity contribution in [2.24, 2.45) is 0 Å². The number of benzene rings is 1. The van der Waals surface area contributed by atoms with E-state index in [0.29, 0.717) is 18.8 Å². The van der Waals surface area contributed by atoms with E-state index < -0.39 is 30.5 Å². The molecule has 2 aromatic heterocycles. The molecule has 0 atom stereocenters. The molecule has 0 unspecified atom stereocenters. The number of alkyl halides is 6. The Labute approximate surface area is 200 Å². The van der Waals surface area contributed by atoms with Crippen molar-refractivity contribution in [2.75, 3.05) is 42.2 Å². The zero-order chi connectivity index (χ0) is 26.1. The molecule has 0 spiro atoms. The summed E-state index contributed by atoms with van der Waals surface area (Å²) in [5, 5.41) is 2.95. The van der Waals surface area contributed by atoms with Crippen molar-refractivity contribution in [3.63, 3.8) is 0 Å². The standard InChI is InChI=1S/C22H20F6N6O2/c23-21(24,25)13-4-3-5-15(34-9-1-2-10-34)16(13)14-7-6-12-17(32-20(29)33-18(12)31-14)30-8-11-36-19(35)22(26,27)28/h3-7H,1-2,8-11H2,(H3,29,30,31,32,33). The van der Waals surface area contributed by atoms with E-state index >= 15 is 0 Å². The molecule has 0 saturated carbocycles. The summed E-state index contributed by atoms with van der Waals surface area (Å²) in [5.41, 5.74) is 5.22. The van der Waals surface area contributed by atoms with Crippen molar-refractivity contribution >= 4 is 34.5 Å². The van der Waals surface area contributed by atoms with E-state index in [1.807, 2.05) is 4.90 Å². The summed E-state index contributed by atoms with van der Waals surface area (Å²) < 4.78 is 82.7. The van der Waals surface area contributed by atoms with Crippen LogP contribution in [-0.2, 0) is 15.7 Å². The first kappa shape index (κ1) is 25.3. The fraction of sp³-hybridized carbons (Fsp3) is 0.364. The zero-order valence-electron chi connectivity index (χ0n) is 18.6. The number of hydrogen-bond acceptors (Lipinski definition) is 8. The van der Waals surface area contributed by atoms with Gasteiger partial charge in [0, 0.05) is 24.3 Å². The van der Waals surface area contributed by atoms with Crippen LogP contribution in [0.25, 0.3) is 22.3 Å². The van der Waals surface area contributed by atoms with Gasteiger partial charge in [-0.3, -0.25) is 0 Å². The maximum absolute atomic E-state index is 13.9. The molecule has 0 aliphatic carbocycles. The van der Waals surface area contributed by atoms with Crippen molar-refractivity contribution in [3.05, 3.63) is 35.9 Å². The van der Waals surface area contributed by atoms with E-state index in [-0.39, 0.29) is 40.6 Å². The first-order valence-corrected chi connectivity index (χ1v) is 10.8. The molecular formula is C22H20F6N6O2. The van der Waals surface area contributed by atoms with Gasteiger partial charge < -0.3 is 20.7 Å². The maximum atomic E-state index is 13.9. The van der Waals surface area contributed by atoms with Crippen LogP contribution >= 0.6 is 0 Å². The quantitative estimate of drug-likeness (QED) is 0.283. The van der Waals surface area contributed by atoms with Crippen LogP contribution in [0.3, 0.4) is 0 Å². The number of nitrogens with zero attached hydrogens (tertiary/aromatic N) is 4. The summed E-state index contributed by atoms with van der Waals surface area (Å²) in [6, 6.07) is 6.80. The van der Waals surface area contributed by atoms with Crippen molar-refractivity contribution in [1.29, 1.82) is 0 Å². The van der Waals surface area contributed by atoms with Crippen molar-refractivity contribution in [2.45, 2.75) is 25.2 Å². The van der Waals surface area contributed by atoms with Crippen molar-refractivity contribution in [1.82, 2.24) is 15.0 Å². The Morgan fingerprint density at radius 2 is 1.75 bits per heavy atom. The third-order valence-electron chi connectivity index (χ3n) is 5.49. The van der Waals surface area contributed by atoms with Gasteiger partial charge in [-0.25, -0.2) is 9.78 Å². The largest absolute Gasteiger partial charge is 0.490 e. The molecule has 0 bridgehead atoms. The maximum Gasteiger partial charge on any atom is 0.490 e. The molecule has 1 aliphatic heterocycles. The number of rotatable bonds is 6. The average molecular weight is 514 g/mol. The number of carbonyl (C=O) groups excluding carboxylic acids is 1. The highest BCUT2D eigenvalue weighted by Gasteiger charge is 2.40. The molecule has 0 radical (unpaired) electrons. The van der Waals surface area contributed by atoms with Crippen molar-refractivity contribution < 1.29 is 35.9 Å². The van der Waals surface area contributed by atoms with Gasteiger partial charge in [-0.2, -0.15) is 36.3 Å². The Bertz CT molecular complexity index is 1270. The smallest absolute Gasteiger partial charge is 0.457 e. The lowest BCUT2D eigenvalue weighted by Gasteiger charge is -2.24. The van der Waals surface area contributed by atoms with Gasteiger partial charge in [-0.1, -0.05) is 6.07 Å². The molecule has 0 amide bonds. The minimum absolute atomic E-state index is 0.0147. The topological polar surface area (TPSA) is 106 Å². The van der Waals surface area contributed by atoms with Gasteiger partial charge >= 0.3 is 18.3 Å². The van der Waals surface area contributed by atoms with Gasteiger partial charge in [0.2, 0.25) is 5.95 Å². The second kappa shape index (κ2) is 9.66. The minimum Gasteiger partial charge on any atom is -0.457 e. The lowest BCUT2D eigenvalue weighted by atomic mass is 10.00. The molecule has 36 heavy (non-hydrogen) atoms. The number of carbonyl (C=O) groups is 1. The van der Waals surface area contributed by atoms with Gasteiger partial charge in [0.05, 0.1) is 23.2 Å². The predicted molar refractivity (Wildman–Crippen MR) is 119 cm³/mol. The van der Waals surface area contributed by atoms with Gasteiger partial charge in [0.1, 0.15) is 12.4 Å². The number of nitrogens with one attached hydrogen (secondary N) is 1. The van der Waals surface area contributed by atoms with Crippen LogP contribution in [0.4, 0.5) is 43.8 Å². The predicted octanol–water partition coefficient (Wildman–Crippen LogP) is 4.41. The fourth-order valence-corrected chi connectivity index (χ4v) is 3.96. The van der Waals surface area contributed by atoms with Crippen LogP contribution in [-0.4, -0.2) is 53.3 Å². The van der Waals surface area contributed by atoms with E-state index in [1.54, 1.807) is 6.07 Å². The summed E-state index contributed by atoms with van der Waals surface area (Å²) in [5.74, 6) is -2.52. The number of nitrogen functional groups attached to an aromatic ring is 1. The van der Waals surface area contributed by atoms with Gasteiger partial charge in [0.25, 0.3) is 0 Å². The van der Waals surface area contributed by atoms with E-state index in [0.717, 1.165) is 18.9 Å². The number of nitrogens with two attached hydrogens (primary N) is 1. The highest BCUT2D eigenvalue weighted by atomic mass is 19.4. The van der Waals surface area contributed by atoms with Crippen LogP contribution in [0.5, 0.6) is 0 Å². The highest BCUT2D eigenvalue weighted by molar-refractivity contribution is 5.91. The second-order valence-electron chi connectivity index (χ2n) is 7.95. The number of halogens is 6. The van der Waals surface area contributed by atoms with Crippen LogP contribution in [0.1, 0.15) is 18.4 Å². The molecular weight excluding hydrogens is 494 g/mol. The number of ether oxygens (including phenoxy) is 1. The molecule has 3 N–H and O–H groups in total. The SMILES string of the molecule is Nc1nc(NCCOC(=O)C(F)(F)F)c2ccc(-c3c(N4CCCC4)cccc3C(F)(F)F)nc2n1. The molecule has 1 fully saturated rings. The summed E-state index contributed by atoms with van der Waals surface area (Å²) >= 11 is 0. The minimum atomic E-state index is -5.12. The Kier molecular flexibility index (Phi) is 6.78. The van der Waals surface area contributed by atoms with Crippen LogP contribution in [0, 0.1) is 0 Å².